The molecule has 0 radical (unpaired) electrons. The van der Waals surface area contributed by atoms with E-state index in [1.807, 2.05) is 49.4 Å². The first-order valence-corrected chi connectivity index (χ1v) is 11.8. The molecular weight excluding hydrogens is 466 g/mol. The van der Waals surface area contributed by atoms with Crippen LogP contribution in [0, 0.1) is 11.8 Å². The third-order valence-corrected chi connectivity index (χ3v) is 5.90. The van der Waals surface area contributed by atoms with Gasteiger partial charge >= 0.3 is 0 Å². The zero-order chi connectivity index (χ0) is 26.2. The number of ether oxygens (including phenoxy) is 1. The van der Waals surface area contributed by atoms with Gasteiger partial charge in [0.1, 0.15) is 18.9 Å². The van der Waals surface area contributed by atoms with E-state index in [0.717, 1.165) is 16.7 Å². The highest BCUT2D eigenvalue weighted by atomic mass is 16.5. The largest absolute Gasteiger partial charge is 0.489 e. The Morgan fingerprint density at radius 1 is 0.865 bits per heavy atom. The topological polar surface area (TPSA) is 88.1 Å². The monoisotopic (exact) mass is 493 g/mol. The summed E-state index contributed by atoms with van der Waals surface area (Å²) in [6, 6.07) is 29.3. The van der Waals surface area contributed by atoms with Crippen molar-refractivity contribution in [2.45, 2.75) is 6.92 Å². The molecule has 2 amide bonds. The van der Waals surface area contributed by atoms with E-state index in [4.69, 9.17) is 4.74 Å². The summed E-state index contributed by atoms with van der Waals surface area (Å²) in [6.45, 7) is 2.17. The number of para-hydroxylation sites is 2. The predicted molar refractivity (Wildman–Crippen MR) is 146 cm³/mol. The van der Waals surface area contributed by atoms with Crippen LogP contribution in [0.25, 0.3) is 11.1 Å². The fourth-order valence-corrected chi connectivity index (χ4v) is 3.91. The molecule has 0 aliphatic heterocycles. The van der Waals surface area contributed by atoms with Crippen molar-refractivity contribution < 1.29 is 14.3 Å². The van der Waals surface area contributed by atoms with Crippen LogP contribution in [-0.2, 0) is 0 Å². The maximum absolute atomic E-state index is 13.1. The number of rotatable bonds is 9. The molecule has 0 saturated carbocycles. The zero-order valence-electron chi connectivity index (χ0n) is 20.7. The first kappa shape index (κ1) is 25.3. The lowest BCUT2D eigenvalue weighted by Gasteiger charge is -2.20. The number of benzene rings is 4. The van der Waals surface area contributed by atoms with Crippen LogP contribution in [0.4, 0.5) is 11.4 Å². The lowest BCUT2D eigenvalue weighted by atomic mass is 9.98. The molecule has 0 aromatic heterocycles. The van der Waals surface area contributed by atoms with Gasteiger partial charge in [-0.3, -0.25) is 9.59 Å². The summed E-state index contributed by atoms with van der Waals surface area (Å²) >= 11 is 0. The molecular formula is C30H27N3O4. The highest BCUT2D eigenvalue weighted by Crippen LogP contribution is 2.29. The molecule has 4 aromatic carbocycles. The average molecular weight is 494 g/mol. The van der Waals surface area contributed by atoms with Crippen LogP contribution in [0.15, 0.2) is 102 Å². The van der Waals surface area contributed by atoms with Gasteiger partial charge in [-0.1, -0.05) is 65.3 Å². The molecule has 1 N–H and O–H groups in total. The summed E-state index contributed by atoms with van der Waals surface area (Å²) in [5.41, 5.74) is 5.12. The maximum Gasteiger partial charge on any atom is 0.258 e. The molecule has 0 saturated heterocycles. The molecule has 4 aromatic rings. The number of nitrogens with zero attached hydrogens (tertiary/aromatic N) is 2. The molecule has 0 fully saturated rings. The molecule has 0 aliphatic carbocycles. The van der Waals surface area contributed by atoms with Crippen molar-refractivity contribution in [3.05, 3.63) is 119 Å². The van der Waals surface area contributed by atoms with Gasteiger partial charge in [0, 0.05) is 23.9 Å². The molecule has 0 aliphatic rings. The van der Waals surface area contributed by atoms with E-state index in [0.29, 0.717) is 28.3 Å². The van der Waals surface area contributed by atoms with E-state index in [9.17, 15) is 14.5 Å². The van der Waals surface area contributed by atoms with E-state index in [-0.39, 0.29) is 25.0 Å². The number of nitroso groups, excluding NO2 is 1. The van der Waals surface area contributed by atoms with E-state index < -0.39 is 0 Å². The number of carbonyl (C=O) groups is 2. The van der Waals surface area contributed by atoms with Gasteiger partial charge in [0.15, 0.2) is 0 Å². The first-order chi connectivity index (χ1) is 18.0. The molecule has 0 spiro atoms. The van der Waals surface area contributed by atoms with Crippen LogP contribution in [0.5, 0.6) is 5.75 Å². The van der Waals surface area contributed by atoms with Crippen LogP contribution in [0.2, 0.25) is 0 Å². The summed E-state index contributed by atoms with van der Waals surface area (Å²) in [6.07, 6.45) is 0. The standard InChI is InChI=1S/C30H27N3O4/c1-21-11-13-22(14-12-21)25-7-3-4-8-26(25)29(34)32-24-17-15-23(16-18-24)30(35)33(2)27-9-5-6-10-28(27)37-20-19-31-36/h3-18H,19-20H2,1-2H3,(H,32,34). The number of aryl methyl sites for hydroxylation is 1. The van der Waals surface area contributed by atoms with Crippen LogP contribution in [0.1, 0.15) is 26.3 Å². The highest BCUT2D eigenvalue weighted by Gasteiger charge is 2.18. The van der Waals surface area contributed by atoms with Crippen LogP contribution >= 0.6 is 0 Å². The molecule has 0 bridgehead atoms. The fourth-order valence-electron chi connectivity index (χ4n) is 3.91. The van der Waals surface area contributed by atoms with Gasteiger partial charge in [-0.15, -0.1) is 0 Å². The molecule has 0 heterocycles. The van der Waals surface area contributed by atoms with E-state index in [1.165, 1.54) is 4.90 Å². The van der Waals surface area contributed by atoms with Gasteiger partial charge in [0.25, 0.3) is 11.8 Å². The Bertz CT molecular complexity index is 1400. The second-order valence-corrected chi connectivity index (χ2v) is 8.48. The minimum absolute atomic E-state index is 0.0225. The zero-order valence-corrected chi connectivity index (χ0v) is 20.7. The van der Waals surface area contributed by atoms with Crippen LogP contribution in [0.3, 0.4) is 0 Å². The number of carbonyl (C=O) groups excluding carboxylic acids is 2. The molecule has 0 unspecified atom stereocenters. The minimum Gasteiger partial charge on any atom is -0.489 e. The lowest BCUT2D eigenvalue weighted by molar-refractivity contribution is 0.0991. The predicted octanol–water partition coefficient (Wildman–Crippen LogP) is 6.34. The molecule has 0 atom stereocenters. The Morgan fingerprint density at radius 2 is 1.54 bits per heavy atom. The lowest BCUT2D eigenvalue weighted by Crippen LogP contribution is -2.26. The van der Waals surface area contributed by atoms with E-state index in [1.54, 1.807) is 61.6 Å². The quantitative estimate of drug-likeness (QED) is 0.218. The smallest absolute Gasteiger partial charge is 0.258 e. The molecule has 7 nitrogen and oxygen atoms in total. The summed E-state index contributed by atoms with van der Waals surface area (Å²) < 4.78 is 5.60. The van der Waals surface area contributed by atoms with Crippen LogP contribution < -0.4 is 15.0 Å². The Kier molecular flexibility index (Phi) is 8.05. The Morgan fingerprint density at radius 3 is 2.27 bits per heavy atom. The van der Waals surface area contributed by atoms with Crippen molar-refractivity contribution in [1.82, 2.24) is 0 Å². The molecule has 4 rings (SSSR count). The normalized spacial score (nSPS) is 10.4. The highest BCUT2D eigenvalue weighted by molar-refractivity contribution is 6.09. The second-order valence-electron chi connectivity index (χ2n) is 8.48. The Hall–Kier alpha value is -4.78. The van der Waals surface area contributed by atoms with Gasteiger partial charge in [-0.25, -0.2) is 0 Å². The van der Waals surface area contributed by atoms with Crippen LogP contribution in [-0.4, -0.2) is 32.0 Å². The Balaban J connectivity index is 1.48. The van der Waals surface area contributed by atoms with Gasteiger partial charge < -0.3 is 15.0 Å². The summed E-state index contributed by atoms with van der Waals surface area (Å²) in [5.74, 6) is 0.00791. The van der Waals surface area contributed by atoms with Crippen molar-refractivity contribution in [2.24, 2.45) is 5.18 Å². The van der Waals surface area contributed by atoms with Gasteiger partial charge in [0.05, 0.1) is 5.69 Å². The van der Waals surface area contributed by atoms with Gasteiger partial charge in [-0.05, 0) is 60.5 Å². The third kappa shape index (κ3) is 6.08. The summed E-state index contributed by atoms with van der Waals surface area (Å²) in [7, 11) is 1.65. The number of amides is 2. The number of nitrogens with one attached hydrogen (secondary N) is 1. The second kappa shape index (κ2) is 11.8. The van der Waals surface area contributed by atoms with E-state index >= 15 is 0 Å². The molecule has 186 valence electrons. The molecule has 7 heteroatoms. The number of hydrogen-bond acceptors (Lipinski definition) is 5. The maximum atomic E-state index is 13.1. The van der Waals surface area contributed by atoms with Crippen molar-refractivity contribution in [2.75, 3.05) is 30.4 Å². The summed E-state index contributed by atoms with van der Waals surface area (Å²) in [4.78, 5) is 38.1. The average Bonchev–Trinajstić information content (AvgIpc) is 2.93. The van der Waals surface area contributed by atoms with Crippen molar-refractivity contribution in [1.29, 1.82) is 0 Å². The number of hydrogen-bond donors (Lipinski definition) is 1. The Labute approximate surface area is 215 Å². The van der Waals surface area contributed by atoms with E-state index in [2.05, 4.69) is 10.5 Å². The first-order valence-electron chi connectivity index (χ1n) is 11.8. The number of anilines is 2. The van der Waals surface area contributed by atoms with Crippen molar-refractivity contribution in [3.63, 3.8) is 0 Å². The molecule has 37 heavy (non-hydrogen) atoms. The minimum atomic E-state index is -0.243. The van der Waals surface area contributed by atoms with Gasteiger partial charge in [0.2, 0.25) is 0 Å². The third-order valence-electron chi connectivity index (χ3n) is 5.90. The summed E-state index contributed by atoms with van der Waals surface area (Å²) in [5, 5.41) is 5.72. The fraction of sp³-hybridized carbons (Fsp3) is 0.133. The SMILES string of the molecule is Cc1ccc(-c2ccccc2C(=O)Nc2ccc(C(=O)N(C)c3ccccc3OCCN=O)cc2)cc1. The van der Waals surface area contributed by atoms with Crippen molar-refractivity contribution >= 4 is 23.2 Å². The van der Waals surface area contributed by atoms with Crippen molar-refractivity contribution in [3.8, 4) is 16.9 Å². The van der Waals surface area contributed by atoms with Gasteiger partial charge in [-0.2, -0.15) is 4.91 Å².